The molecule has 1 saturated heterocycles. The van der Waals surface area contributed by atoms with Crippen LogP contribution in [0, 0.1) is 6.92 Å². The summed E-state index contributed by atoms with van der Waals surface area (Å²) in [6.45, 7) is 3.93. The minimum Gasteiger partial charge on any atom is -0.369 e. The molecule has 2 aromatic carbocycles. The minimum absolute atomic E-state index is 0.234. The molecule has 1 aliphatic heterocycles. The highest BCUT2D eigenvalue weighted by Gasteiger charge is 2.19. The van der Waals surface area contributed by atoms with E-state index >= 15 is 0 Å². The van der Waals surface area contributed by atoms with Crippen LogP contribution in [0.25, 0.3) is 0 Å². The molecule has 0 atom stereocenters. The lowest BCUT2D eigenvalue weighted by atomic mass is 10.1. The molecule has 2 N–H and O–H groups in total. The number of anilines is 2. The molecule has 0 aromatic heterocycles. The van der Waals surface area contributed by atoms with Gasteiger partial charge < -0.3 is 10.2 Å². The zero-order chi connectivity index (χ0) is 17.8. The first-order valence-corrected chi connectivity index (χ1v) is 9.05. The number of rotatable bonds is 3. The van der Waals surface area contributed by atoms with Crippen LogP contribution < -0.4 is 15.5 Å². The molecule has 130 valence electrons. The third-order valence-electron chi connectivity index (χ3n) is 4.20. The molecule has 0 radical (unpaired) electrons. The van der Waals surface area contributed by atoms with E-state index in [-0.39, 0.29) is 11.0 Å². The highest BCUT2D eigenvalue weighted by molar-refractivity contribution is 7.80. The van der Waals surface area contributed by atoms with Crippen molar-refractivity contribution in [2.24, 2.45) is 0 Å². The molecule has 25 heavy (non-hydrogen) atoms. The van der Waals surface area contributed by atoms with E-state index in [4.69, 9.17) is 23.8 Å². The number of halogens is 1. The van der Waals surface area contributed by atoms with Gasteiger partial charge in [0.2, 0.25) is 0 Å². The number of carbonyl (C=O) groups excluding carboxylic acids is 1. The van der Waals surface area contributed by atoms with Gasteiger partial charge in [-0.1, -0.05) is 35.4 Å². The van der Waals surface area contributed by atoms with Gasteiger partial charge in [0.15, 0.2) is 5.11 Å². The molecule has 1 fully saturated rings. The van der Waals surface area contributed by atoms with E-state index < -0.39 is 0 Å². The molecule has 1 heterocycles. The van der Waals surface area contributed by atoms with Gasteiger partial charge in [-0.15, -0.1) is 0 Å². The Kier molecular flexibility index (Phi) is 5.56. The predicted octanol–water partition coefficient (Wildman–Crippen LogP) is 4.38. The fraction of sp³-hybridized carbons (Fsp3) is 0.263. The third kappa shape index (κ3) is 4.30. The van der Waals surface area contributed by atoms with Crippen molar-refractivity contribution in [3.63, 3.8) is 0 Å². The first kappa shape index (κ1) is 17.7. The van der Waals surface area contributed by atoms with Gasteiger partial charge in [0.05, 0.1) is 16.4 Å². The Labute approximate surface area is 158 Å². The Hall–Kier alpha value is -2.11. The van der Waals surface area contributed by atoms with E-state index in [1.165, 1.54) is 0 Å². The van der Waals surface area contributed by atoms with Crippen LogP contribution >= 0.6 is 23.8 Å². The Morgan fingerprint density at radius 2 is 1.80 bits per heavy atom. The fourth-order valence-corrected chi connectivity index (χ4v) is 3.41. The van der Waals surface area contributed by atoms with Gasteiger partial charge in [-0.05, 0) is 56.2 Å². The molecule has 6 heteroatoms. The number of nitrogens with zero attached hydrogens (tertiary/aromatic N) is 1. The van der Waals surface area contributed by atoms with Gasteiger partial charge in [-0.25, -0.2) is 0 Å². The van der Waals surface area contributed by atoms with Crippen LogP contribution in [-0.4, -0.2) is 24.1 Å². The lowest BCUT2D eigenvalue weighted by molar-refractivity contribution is 0.0977. The van der Waals surface area contributed by atoms with E-state index in [2.05, 4.69) is 15.5 Å². The van der Waals surface area contributed by atoms with Gasteiger partial charge >= 0.3 is 0 Å². The van der Waals surface area contributed by atoms with Gasteiger partial charge in [0, 0.05) is 18.7 Å². The largest absolute Gasteiger partial charge is 0.369 e. The number of benzene rings is 2. The minimum atomic E-state index is -0.234. The lowest BCUT2D eigenvalue weighted by Crippen LogP contribution is -2.34. The number of nitrogens with one attached hydrogen (secondary N) is 2. The van der Waals surface area contributed by atoms with Crippen molar-refractivity contribution in [3.05, 3.63) is 58.6 Å². The van der Waals surface area contributed by atoms with E-state index in [1.807, 2.05) is 37.3 Å². The van der Waals surface area contributed by atoms with E-state index in [0.717, 1.165) is 42.9 Å². The average Bonchev–Trinajstić information content (AvgIpc) is 3.09. The summed E-state index contributed by atoms with van der Waals surface area (Å²) in [5.41, 5.74) is 3.42. The Morgan fingerprint density at radius 3 is 2.48 bits per heavy atom. The Morgan fingerprint density at radius 1 is 1.12 bits per heavy atom. The maximum absolute atomic E-state index is 12.3. The molecule has 1 aliphatic rings. The summed E-state index contributed by atoms with van der Waals surface area (Å²) >= 11 is 11.7. The molecule has 0 aliphatic carbocycles. The highest BCUT2D eigenvalue weighted by Crippen LogP contribution is 2.35. The van der Waals surface area contributed by atoms with Crippen molar-refractivity contribution < 1.29 is 4.79 Å². The van der Waals surface area contributed by atoms with Gasteiger partial charge in [-0.2, -0.15) is 0 Å². The summed E-state index contributed by atoms with van der Waals surface area (Å²) in [6, 6.07) is 13.0. The van der Waals surface area contributed by atoms with Crippen LogP contribution in [-0.2, 0) is 0 Å². The second-order valence-corrected chi connectivity index (χ2v) is 6.92. The molecule has 0 unspecified atom stereocenters. The van der Waals surface area contributed by atoms with Crippen LogP contribution in [0.1, 0.15) is 28.8 Å². The van der Waals surface area contributed by atoms with Crippen molar-refractivity contribution in [1.29, 1.82) is 0 Å². The smallest absolute Gasteiger partial charge is 0.257 e. The second kappa shape index (κ2) is 7.85. The summed E-state index contributed by atoms with van der Waals surface area (Å²) in [6.07, 6.45) is 2.30. The van der Waals surface area contributed by atoms with E-state index in [9.17, 15) is 4.79 Å². The Balaban J connectivity index is 1.71. The summed E-state index contributed by atoms with van der Waals surface area (Å²) in [5.74, 6) is -0.234. The molecule has 2 aromatic rings. The molecular weight excluding hydrogens is 354 g/mol. The van der Waals surface area contributed by atoms with Crippen LogP contribution in [0.2, 0.25) is 5.02 Å². The van der Waals surface area contributed by atoms with Crippen molar-refractivity contribution in [2.45, 2.75) is 19.8 Å². The fourth-order valence-electron chi connectivity index (χ4n) is 2.91. The number of carbonyl (C=O) groups is 1. The number of para-hydroxylation sites is 1. The zero-order valence-corrected chi connectivity index (χ0v) is 15.6. The summed E-state index contributed by atoms with van der Waals surface area (Å²) in [7, 11) is 0. The molecule has 0 bridgehead atoms. The molecule has 3 rings (SSSR count). The zero-order valence-electron chi connectivity index (χ0n) is 14.0. The predicted molar refractivity (Wildman–Crippen MR) is 108 cm³/mol. The van der Waals surface area contributed by atoms with Crippen molar-refractivity contribution in [1.82, 2.24) is 5.32 Å². The monoisotopic (exact) mass is 373 g/mol. The SMILES string of the molecule is Cc1ccc(C(=O)NC(=S)Nc2cccc(Cl)c2N2CCCC2)cc1. The summed E-state index contributed by atoms with van der Waals surface area (Å²) in [5, 5.41) is 6.77. The number of aryl methyl sites for hydroxylation is 1. The van der Waals surface area contributed by atoms with Gasteiger partial charge in [-0.3, -0.25) is 10.1 Å². The van der Waals surface area contributed by atoms with Gasteiger partial charge in [0.1, 0.15) is 0 Å². The number of amides is 1. The topological polar surface area (TPSA) is 44.4 Å². The van der Waals surface area contributed by atoms with Crippen molar-refractivity contribution in [3.8, 4) is 0 Å². The second-order valence-electron chi connectivity index (χ2n) is 6.10. The summed E-state index contributed by atoms with van der Waals surface area (Å²) in [4.78, 5) is 14.5. The Bertz CT molecular complexity index is 786. The van der Waals surface area contributed by atoms with Crippen LogP contribution in [0.15, 0.2) is 42.5 Å². The van der Waals surface area contributed by atoms with Crippen molar-refractivity contribution >= 4 is 46.2 Å². The summed E-state index contributed by atoms with van der Waals surface area (Å²) < 4.78 is 0. The normalized spacial score (nSPS) is 13.6. The standard InChI is InChI=1S/C19H20ClN3OS/c1-13-7-9-14(10-8-13)18(24)22-19(25)21-16-6-4-5-15(20)17(16)23-11-2-3-12-23/h4-10H,2-3,11-12H2,1H3,(H2,21,22,24,25). The number of thiocarbonyl (C=S) groups is 1. The molecule has 0 saturated carbocycles. The third-order valence-corrected chi connectivity index (χ3v) is 4.71. The van der Waals surface area contributed by atoms with Crippen molar-refractivity contribution in [2.75, 3.05) is 23.3 Å². The highest BCUT2D eigenvalue weighted by atomic mass is 35.5. The van der Waals surface area contributed by atoms with E-state index in [1.54, 1.807) is 12.1 Å². The average molecular weight is 374 g/mol. The molecule has 0 spiro atoms. The first-order chi connectivity index (χ1) is 12.0. The van der Waals surface area contributed by atoms with E-state index in [0.29, 0.717) is 10.6 Å². The first-order valence-electron chi connectivity index (χ1n) is 8.27. The lowest BCUT2D eigenvalue weighted by Gasteiger charge is -2.23. The molecule has 1 amide bonds. The van der Waals surface area contributed by atoms with Gasteiger partial charge in [0.25, 0.3) is 5.91 Å². The maximum Gasteiger partial charge on any atom is 0.257 e. The number of hydrogen-bond donors (Lipinski definition) is 2. The van der Waals surface area contributed by atoms with Crippen LogP contribution in [0.5, 0.6) is 0 Å². The quantitative estimate of drug-likeness (QED) is 0.784. The molecule has 4 nitrogen and oxygen atoms in total. The maximum atomic E-state index is 12.3. The van der Waals surface area contributed by atoms with Crippen LogP contribution in [0.3, 0.4) is 0 Å². The number of hydrogen-bond acceptors (Lipinski definition) is 3. The molecular formula is C19H20ClN3OS. The van der Waals surface area contributed by atoms with Crippen LogP contribution in [0.4, 0.5) is 11.4 Å².